The molecule has 1 aliphatic rings. The molecule has 6 heteroatoms. The Labute approximate surface area is 148 Å². The number of hydrogen-bond donors (Lipinski definition) is 1. The molecule has 0 aliphatic carbocycles. The number of carbonyl (C=O) groups excluding carboxylic acids is 1. The summed E-state index contributed by atoms with van der Waals surface area (Å²) in [6, 6.07) is 7.69. The molecule has 0 aromatic heterocycles. The minimum atomic E-state index is -0.252. The number of hydrogen-bond acceptors (Lipinski definition) is 4. The van der Waals surface area contributed by atoms with Gasteiger partial charge in [-0.2, -0.15) is 5.26 Å². The third-order valence-corrected chi connectivity index (χ3v) is 4.87. The number of carbonyl (C=O) groups is 1. The number of likely N-dealkylation sites (tertiary alicyclic amines) is 1. The van der Waals surface area contributed by atoms with Crippen molar-refractivity contribution in [2.45, 2.75) is 25.8 Å². The molecule has 5 nitrogen and oxygen atoms in total. The minimum Gasteiger partial charge on any atom is -0.360 e. The third-order valence-electron chi connectivity index (χ3n) is 4.46. The lowest BCUT2D eigenvalue weighted by atomic mass is 10.0. The Morgan fingerprint density at radius 3 is 2.71 bits per heavy atom. The molecule has 1 aromatic carbocycles. The van der Waals surface area contributed by atoms with Crippen molar-refractivity contribution >= 4 is 23.2 Å². The number of nitriles is 1. The van der Waals surface area contributed by atoms with Gasteiger partial charge < -0.3 is 15.1 Å². The van der Waals surface area contributed by atoms with E-state index in [1.165, 1.54) is 6.20 Å². The molecule has 0 bridgehead atoms. The molecule has 1 fully saturated rings. The maximum absolute atomic E-state index is 12.6. The van der Waals surface area contributed by atoms with E-state index in [-0.39, 0.29) is 17.5 Å². The van der Waals surface area contributed by atoms with Crippen molar-refractivity contribution in [2.75, 3.05) is 32.5 Å². The van der Waals surface area contributed by atoms with Crippen LogP contribution in [0.3, 0.4) is 0 Å². The number of aryl methyl sites for hydroxylation is 1. The summed E-state index contributed by atoms with van der Waals surface area (Å²) >= 11 is 6.08. The zero-order chi connectivity index (χ0) is 17.7. The Morgan fingerprint density at radius 2 is 2.12 bits per heavy atom. The van der Waals surface area contributed by atoms with Gasteiger partial charge in [0.2, 0.25) is 0 Å². The molecule has 1 heterocycles. The molecular formula is C18H23ClN4O. The first kappa shape index (κ1) is 18.3. The van der Waals surface area contributed by atoms with Gasteiger partial charge in [0.25, 0.3) is 5.91 Å². The zero-order valence-electron chi connectivity index (χ0n) is 14.3. The lowest BCUT2D eigenvalue weighted by Crippen LogP contribution is -2.44. The highest BCUT2D eigenvalue weighted by Crippen LogP contribution is 2.20. The molecular weight excluding hydrogens is 324 g/mol. The number of anilines is 1. The van der Waals surface area contributed by atoms with E-state index >= 15 is 0 Å². The van der Waals surface area contributed by atoms with Crippen LogP contribution in [0.15, 0.2) is 30.0 Å². The van der Waals surface area contributed by atoms with Crippen molar-refractivity contribution in [2.24, 2.45) is 0 Å². The molecule has 1 aliphatic heterocycles. The standard InChI is InChI=1S/C18H23ClN4O/c1-13-4-5-15(10-17(13)19)21-12-14(11-20)18(24)23(3)16-6-8-22(2)9-7-16/h4-5,10,12,16,21H,6-9H2,1-3H3/b14-12-. The van der Waals surface area contributed by atoms with E-state index in [2.05, 4.69) is 17.3 Å². The minimum absolute atomic E-state index is 0.0909. The van der Waals surface area contributed by atoms with E-state index in [1.54, 1.807) is 18.0 Å². The first-order chi connectivity index (χ1) is 11.4. The van der Waals surface area contributed by atoms with Gasteiger partial charge in [0.05, 0.1) is 0 Å². The molecule has 128 valence electrons. The quantitative estimate of drug-likeness (QED) is 0.672. The molecule has 0 spiro atoms. The predicted molar refractivity (Wildman–Crippen MR) is 96.8 cm³/mol. The molecule has 24 heavy (non-hydrogen) atoms. The number of nitrogens with zero attached hydrogens (tertiary/aromatic N) is 3. The Morgan fingerprint density at radius 1 is 1.46 bits per heavy atom. The topological polar surface area (TPSA) is 59.4 Å². The summed E-state index contributed by atoms with van der Waals surface area (Å²) in [6.45, 7) is 3.85. The summed E-state index contributed by atoms with van der Waals surface area (Å²) in [4.78, 5) is 16.5. The Hall–Kier alpha value is -2.03. The number of rotatable bonds is 4. The number of likely N-dealkylation sites (N-methyl/N-ethyl adjacent to an activating group) is 1. The van der Waals surface area contributed by atoms with Gasteiger partial charge in [0, 0.05) is 30.0 Å². The SMILES string of the molecule is Cc1ccc(N/C=C(/C#N)C(=O)N(C)C2CCN(C)CC2)cc1Cl. The van der Waals surface area contributed by atoms with Crippen molar-refractivity contribution in [3.05, 3.63) is 40.6 Å². The molecule has 1 aromatic rings. The maximum Gasteiger partial charge on any atom is 0.266 e. The van der Waals surface area contributed by atoms with Gasteiger partial charge in [0.1, 0.15) is 11.6 Å². The summed E-state index contributed by atoms with van der Waals surface area (Å²) < 4.78 is 0. The summed E-state index contributed by atoms with van der Waals surface area (Å²) in [5.74, 6) is -0.252. The smallest absolute Gasteiger partial charge is 0.266 e. The van der Waals surface area contributed by atoms with Crippen molar-refractivity contribution < 1.29 is 4.79 Å². The van der Waals surface area contributed by atoms with E-state index in [9.17, 15) is 10.1 Å². The first-order valence-electron chi connectivity index (χ1n) is 8.01. The van der Waals surface area contributed by atoms with Crippen LogP contribution in [0.1, 0.15) is 18.4 Å². The van der Waals surface area contributed by atoms with Gasteiger partial charge in [-0.15, -0.1) is 0 Å². The number of piperidine rings is 1. The zero-order valence-corrected chi connectivity index (χ0v) is 15.1. The maximum atomic E-state index is 12.6. The fraction of sp³-hybridized carbons (Fsp3) is 0.444. The van der Waals surface area contributed by atoms with Crippen LogP contribution < -0.4 is 5.32 Å². The number of benzene rings is 1. The molecule has 1 saturated heterocycles. The van der Waals surface area contributed by atoms with E-state index in [0.717, 1.165) is 37.2 Å². The highest BCUT2D eigenvalue weighted by Gasteiger charge is 2.25. The average molecular weight is 347 g/mol. The largest absolute Gasteiger partial charge is 0.360 e. The van der Waals surface area contributed by atoms with Crippen LogP contribution in [0.2, 0.25) is 5.02 Å². The van der Waals surface area contributed by atoms with Crippen LogP contribution >= 0.6 is 11.6 Å². The van der Waals surface area contributed by atoms with E-state index < -0.39 is 0 Å². The van der Waals surface area contributed by atoms with Crippen LogP contribution in [-0.4, -0.2) is 48.9 Å². The Kier molecular flexibility index (Phi) is 6.24. The number of halogens is 1. The van der Waals surface area contributed by atoms with E-state index in [0.29, 0.717) is 5.02 Å². The van der Waals surface area contributed by atoms with Crippen LogP contribution in [0.4, 0.5) is 5.69 Å². The van der Waals surface area contributed by atoms with Crippen LogP contribution in [0.25, 0.3) is 0 Å². The summed E-state index contributed by atoms with van der Waals surface area (Å²) in [5, 5.41) is 12.9. The predicted octanol–water partition coefficient (Wildman–Crippen LogP) is 3.02. The molecule has 2 rings (SSSR count). The van der Waals surface area contributed by atoms with Gasteiger partial charge in [-0.1, -0.05) is 17.7 Å². The monoisotopic (exact) mass is 346 g/mol. The van der Waals surface area contributed by atoms with E-state index in [1.807, 2.05) is 25.1 Å². The summed E-state index contributed by atoms with van der Waals surface area (Å²) in [6.07, 6.45) is 3.31. The third kappa shape index (κ3) is 4.50. The molecule has 0 radical (unpaired) electrons. The normalized spacial score (nSPS) is 16.5. The Balaban J connectivity index is 2.04. The summed E-state index contributed by atoms with van der Waals surface area (Å²) in [7, 11) is 3.85. The van der Waals surface area contributed by atoms with Crippen molar-refractivity contribution in [1.82, 2.24) is 9.80 Å². The van der Waals surface area contributed by atoms with E-state index in [4.69, 9.17) is 11.6 Å². The van der Waals surface area contributed by atoms with Crippen LogP contribution in [0.5, 0.6) is 0 Å². The first-order valence-corrected chi connectivity index (χ1v) is 8.39. The van der Waals surface area contributed by atoms with Crippen LogP contribution in [0, 0.1) is 18.3 Å². The number of amides is 1. The molecule has 1 N–H and O–H groups in total. The molecule has 0 atom stereocenters. The van der Waals surface area contributed by atoms with Crippen molar-refractivity contribution in [1.29, 1.82) is 5.26 Å². The van der Waals surface area contributed by atoms with Crippen LogP contribution in [-0.2, 0) is 4.79 Å². The highest BCUT2D eigenvalue weighted by molar-refractivity contribution is 6.31. The molecule has 0 saturated carbocycles. The average Bonchev–Trinajstić information content (AvgIpc) is 2.58. The lowest BCUT2D eigenvalue weighted by Gasteiger charge is -2.34. The highest BCUT2D eigenvalue weighted by atomic mass is 35.5. The second-order valence-corrected chi connectivity index (χ2v) is 6.64. The van der Waals surface area contributed by atoms with Gasteiger partial charge in [0.15, 0.2) is 0 Å². The van der Waals surface area contributed by atoms with Gasteiger partial charge in [-0.25, -0.2) is 0 Å². The van der Waals surface area contributed by atoms with Gasteiger partial charge in [-0.05, 0) is 57.6 Å². The fourth-order valence-electron chi connectivity index (χ4n) is 2.72. The molecule has 1 amide bonds. The fourth-order valence-corrected chi connectivity index (χ4v) is 2.90. The summed E-state index contributed by atoms with van der Waals surface area (Å²) in [5.41, 5.74) is 1.81. The van der Waals surface area contributed by atoms with Gasteiger partial charge >= 0.3 is 0 Å². The molecule has 0 unspecified atom stereocenters. The lowest BCUT2D eigenvalue weighted by molar-refractivity contribution is -0.128. The second kappa shape index (κ2) is 8.18. The Bertz CT molecular complexity index is 672. The second-order valence-electron chi connectivity index (χ2n) is 6.23. The van der Waals surface area contributed by atoms with Crippen molar-refractivity contribution in [3.8, 4) is 6.07 Å². The number of nitrogens with one attached hydrogen (secondary N) is 1. The van der Waals surface area contributed by atoms with Crippen molar-refractivity contribution in [3.63, 3.8) is 0 Å². The van der Waals surface area contributed by atoms with Gasteiger partial charge in [-0.3, -0.25) is 4.79 Å².